The van der Waals surface area contributed by atoms with Crippen molar-refractivity contribution in [3.05, 3.63) is 23.2 Å². The van der Waals surface area contributed by atoms with Crippen molar-refractivity contribution in [2.45, 2.75) is 10.1 Å². The van der Waals surface area contributed by atoms with Gasteiger partial charge in [0.15, 0.2) is 0 Å². The molecule has 5 N–H and O–H groups in total. The minimum Gasteiger partial charge on any atom is -0.399 e. The first-order chi connectivity index (χ1) is 8.08. The molecule has 17 heavy (non-hydrogen) atoms. The zero-order valence-corrected chi connectivity index (χ0v) is 10.8. The molecular formula is C10H14ClN3O2S. The normalized spacial score (nSPS) is 12.2. The molecule has 0 aromatic heterocycles. The van der Waals surface area contributed by atoms with Crippen LogP contribution < -0.4 is 17.0 Å². The van der Waals surface area contributed by atoms with E-state index in [-0.39, 0.29) is 12.5 Å². The van der Waals surface area contributed by atoms with Crippen molar-refractivity contribution >= 4 is 35.0 Å². The molecule has 1 aromatic rings. The maximum atomic E-state index is 11.5. The van der Waals surface area contributed by atoms with E-state index in [9.17, 15) is 4.79 Å². The van der Waals surface area contributed by atoms with Crippen molar-refractivity contribution in [1.82, 2.24) is 5.43 Å². The number of halogens is 1. The summed E-state index contributed by atoms with van der Waals surface area (Å²) in [5, 5.41) is 0.0689. The fourth-order valence-corrected chi connectivity index (χ4v) is 2.49. The second kappa shape index (κ2) is 6.70. The summed E-state index contributed by atoms with van der Waals surface area (Å²) in [5.41, 5.74) is 8.33. The Morgan fingerprint density at radius 1 is 1.65 bits per heavy atom. The first-order valence-electron chi connectivity index (χ1n) is 4.79. The molecule has 94 valence electrons. The molecule has 0 saturated heterocycles. The van der Waals surface area contributed by atoms with E-state index in [0.717, 1.165) is 4.90 Å². The Morgan fingerprint density at radius 2 is 2.35 bits per heavy atom. The van der Waals surface area contributed by atoms with Gasteiger partial charge in [0.05, 0.1) is 11.6 Å². The van der Waals surface area contributed by atoms with Crippen LogP contribution in [0.5, 0.6) is 0 Å². The van der Waals surface area contributed by atoms with Gasteiger partial charge >= 0.3 is 0 Å². The number of nitrogens with one attached hydrogen (secondary N) is 1. The Kier molecular flexibility index (Phi) is 5.57. The number of ether oxygens (including phenoxy) is 1. The minimum atomic E-state index is -0.468. The third-order valence-electron chi connectivity index (χ3n) is 1.98. The lowest BCUT2D eigenvalue weighted by Crippen LogP contribution is -2.39. The molecule has 0 radical (unpaired) electrons. The van der Waals surface area contributed by atoms with Crippen molar-refractivity contribution in [1.29, 1.82) is 0 Å². The summed E-state index contributed by atoms with van der Waals surface area (Å²) in [4.78, 5) is 12.2. The van der Waals surface area contributed by atoms with E-state index in [1.807, 2.05) is 0 Å². The van der Waals surface area contributed by atoms with Crippen LogP contribution in [-0.2, 0) is 9.53 Å². The van der Waals surface area contributed by atoms with Gasteiger partial charge in [-0.25, -0.2) is 5.84 Å². The number of methoxy groups -OCH3 is 1. The smallest absolute Gasteiger partial charge is 0.249 e. The number of hydrazine groups is 1. The predicted octanol–water partition coefficient (Wildman–Crippen LogP) is 1.02. The number of thioether (sulfide) groups is 1. The van der Waals surface area contributed by atoms with Gasteiger partial charge in [0.25, 0.3) is 0 Å². The zero-order chi connectivity index (χ0) is 12.8. The van der Waals surface area contributed by atoms with E-state index < -0.39 is 5.25 Å². The van der Waals surface area contributed by atoms with E-state index in [1.165, 1.54) is 18.9 Å². The standard InChI is InChI=1S/C10H14ClN3O2S/c1-16-5-9(10(15)14-13)17-8-4-6(12)2-3-7(8)11/h2-4,9H,5,12-13H2,1H3,(H,14,15). The molecule has 0 aliphatic carbocycles. The first-order valence-corrected chi connectivity index (χ1v) is 6.05. The molecule has 1 amide bonds. The molecule has 0 saturated carbocycles. The van der Waals surface area contributed by atoms with Gasteiger partial charge < -0.3 is 10.5 Å². The van der Waals surface area contributed by atoms with Crippen LogP contribution >= 0.6 is 23.4 Å². The highest BCUT2D eigenvalue weighted by atomic mass is 35.5. The van der Waals surface area contributed by atoms with Crippen LogP contribution in [0.1, 0.15) is 0 Å². The molecule has 0 aliphatic rings. The van der Waals surface area contributed by atoms with Crippen LogP contribution in [0.2, 0.25) is 5.02 Å². The molecule has 1 rings (SSSR count). The van der Waals surface area contributed by atoms with Crippen LogP contribution in [0.15, 0.2) is 23.1 Å². The number of nitrogen functional groups attached to an aromatic ring is 1. The molecular weight excluding hydrogens is 262 g/mol. The lowest BCUT2D eigenvalue weighted by molar-refractivity contribution is -0.121. The Morgan fingerprint density at radius 3 is 2.94 bits per heavy atom. The Bertz CT molecular complexity index is 403. The van der Waals surface area contributed by atoms with Gasteiger partial charge in [0, 0.05) is 17.7 Å². The number of rotatable bonds is 5. The SMILES string of the molecule is COCC(Sc1cc(N)ccc1Cl)C(=O)NN. The lowest BCUT2D eigenvalue weighted by atomic mass is 10.3. The number of hydrogen-bond acceptors (Lipinski definition) is 5. The van der Waals surface area contributed by atoms with Gasteiger partial charge in [-0.3, -0.25) is 10.2 Å². The van der Waals surface area contributed by atoms with Crippen molar-refractivity contribution in [3.63, 3.8) is 0 Å². The average Bonchev–Trinajstić information content (AvgIpc) is 2.32. The van der Waals surface area contributed by atoms with E-state index in [2.05, 4.69) is 5.43 Å². The summed E-state index contributed by atoms with van der Waals surface area (Å²) in [5.74, 6) is 4.77. The molecule has 1 unspecified atom stereocenters. The summed E-state index contributed by atoms with van der Waals surface area (Å²) in [6.45, 7) is 0.235. The minimum absolute atomic E-state index is 0.235. The van der Waals surface area contributed by atoms with Crippen molar-refractivity contribution in [3.8, 4) is 0 Å². The van der Waals surface area contributed by atoms with Crippen LogP contribution in [0.4, 0.5) is 5.69 Å². The van der Waals surface area contributed by atoms with Gasteiger partial charge in [-0.1, -0.05) is 11.6 Å². The third kappa shape index (κ3) is 4.08. The van der Waals surface area contributed by atoms with Gasteiger partial charge in [-0.2, -0.15) is 0 Å². The average molecular weight is 276 g/mol. The van der Waals surface area contributed by atoms with Gasteiger partial charge in [-0.05, 0) is 18.2 Å². The summed E-state index contributed by atoms with van der Waals surface area (Å²) < 4.78 is 4.96. The van der Waals surface area contributed by atoms with Crippen LogP contribution in [-0.4, -0.2) is 24.9 Å². The summed E-state index contributed by atoms with van der Waals surface area (Å²) in [6.07, 6.45) is 0. The second-order valence-corrected chi connectivity index (χ2v) is 4.91. The highest BCUT2D eigenvalue weighted by Gasteiger charge is 2.20. The summed E-state index contributed by atoms with van der Waals surface area (Å²) >= 11 is 7.27. The molecule has 0 aliphatic heterocycles. The number of amides is 1. The number of hydrogen-bond donors (Lipinski definition) is 3. The largest absolute Gasteiger partial charge is 0.399 e. The molecule has 0 spiro atoms. The van der Waals surface area contributed by atoms with E-state index in [4.69, 9.17) is 27.9 Å². The van der Waals surface area contributed by atoms with Crippen LogP contribution in [0.3, 0.4) is 0 Å². The van der Waals surface area contributed by atoms with E-state index in [0.29, 0.717) is 10.7 Å². The Labute approximate surface area is 109 Å². The Balaban J connectivity index is 2.85. The molecule has 0 heterocycles. The maximum absolute atomic E-state index is 11.5. The fourth-order valence-electron chi connectivity index (χ4n) is 1.17. The van der Waals surface area contributed by atoms with Crippen molar-refractivity contribution in [2.24, 2.45) is 5.84 Å². The Hall–Kier alpha value is -0.950. The zero-order valence-electron chi connectivity index (χ0n) is 9.27. The number of nitrogens with two attached hydrogens (primary N) is 2. The number of carbonyl (C=O) groups excluding carboxylic acids is 1. The first kappa shape index (κ1) is 14.1. The van der Waals surface area contributed by atoms with E-state index >= 15 is 0 Å². The fraction of sp³-hybridized carbons (Fsp3) is 0.300. The topological polar surface area (TPSA) is 90.4 Å². The molecule has 1 atom stereocenters. The maximum Gasteiger partial charge on any atom is 0.249 e. The second-order valence-electron chi connectivity index (χ2n) is 3.26. The van der Waals surface area contributed by atoms with Gasteiger partial charge in [0.2, 0.25) is 5.91 Å². The monoisotopic (exact) mass is 275 g/mol. The van der Waals surface area contributed by atoms with E-state index in [1.54, 1.807) is 18.2 Å². The highest BCUT2D eigenvalue weighted by Crippen LogP contribution is 2.32. The van der Waals surface area contributed by atoms with Crippen molar-refractivity contribution in [2.75, 3.05) is 19.5 Å². The predicted molar refractivity (Wildman–Crippen MR) is 69.7 cm³/mol. The number of carbonyl (C=O) groups is 1. The quantitative estimate of drug-likeness (QED) is 0.245. The molecule has 7 heteroatoms. The lowest BCUT2D eigenvalue weighted by Gasteiger charge is -2.14. The van der Waals surface area contributed by atoms with Crippen molar-refractivity contribution < 1.29 is 9.53 Å². The van der Waals surface area contributed by atoms with Crippen LogP contribution in [0.25, 0.3) is 0 Å². The molecule has 1 aromatic carbocycles. The highest BCUT2D eigenvalue weighted by molar-refractivity contribution is 8.00. The number of anilines is 1. The third-order valence-corrected chi connectivity index (χ3v) is 3.65. The summed E-state index contributed by atoms with van der Waals surface area (Å²) in [6, 6.07) is 5.09. The van der Waals surface area contributed by atoms with Gasteiger partial charge in [0.1, 0.15) is 5.25 Å². The van der Waals surface area contributed by atoms with Gasteiger partial charge in [-0.15, -0.1) is 11.8 Å². The molecule has 5 nitrogen and oxygen atoms in total. The molecule has 0 bridgehead atoms. The van der Waals surface area contributed by atoms with Crippen LogP contribution in [0, 0.1) is 0 Å². The number of benzene rings is 1. The summed E-state index contributed by atoms with van der Waals surface area (Å²) in [7, 11) is 1.51. The molecule has 0 fully saturated rings.